The van der Waals surface area contributed by atoms with Crippen LogP contribution in [-0.4, -0.2) is 18.5 Å². The van der Waals surface area contributed by atoms with E-state index in [1.54, 1.807) is 54.6 Å². The lowest BCUT2D eigenvalue weighted by molar-refractivity contribution is 0.0499. The predicted octanol–water partition coefficient (Wildman–Crippen LogP) is 6.77. The van der Waals surface area contributed by atoms with E-state index in [0.717, 1.165) is 24.0 Å². The van der Waals surface area contributed by atoms with Crippen molar-refractivity contribution in [3.8, 4) is 0 Å². The molecule has 37 heavy (non-hydrogen) atoms. The van der Waals surface area contributed by atoms with E-state index in [1.807, 2.05) is 26.8 Å². The van der Waals surface area contributed by atoms with Crippen molar-refractivity contribution in [2.45, 2.75) is 39.7 Å². The molecule has 0 bridgehead atoms. The molecule has 1 atom stereocenters. The van der Waals surface area contributed by atoms with E-state index in [0.29, 0.717) is 39.4 Å². The molecule has 0 N–H and O–H groups in total. The molecule has 0 fully saturated rings. The van der Waals surface area contributed by atoms with Crippen LogP contribution in [0.5, 0.6) is 0 Å². The number of esters is 1. The van der Waals surface area contributed by atoms with E-state index in [-0.39, 0.29) is 16.8 Å². The van der Waals surface area contributed by atoms with Gasteiger partial charge >= 0.3 is 5.97 Å². The highest BCUT2D eigenvalue weighted by molar-refractivity contribution is 6.30. The molecule has 0 spiro atoms. The molecular weight excluding hydrogens is 490 g/mol. The topological polar surface area (TPSA) is 76.8 Å². The lowest BCUT2D eigenvalue weighted by Crippen LogP contribution is -2.29. The van der Waals surface area contributed by atoms with Gasteiger partial charge in [0, 0.05) is 10.7 Å². The van der Waals surface area contributed by atoms with Crippen LogP contribution in [0.15, 0.2) is 69.9 Å². The molecule has 1 amide bonds. The van der Waals surface area contributed by atoms with Gasteiger partial charge in [0.1, 0.15) is 5.58 Å². The van der Waals surface area contributed by atoms with Crippen LogP contribution >= 0.6 is 11.6 Å². The zero-order valence-electron chi connectivity index (χ0n) is 20.8. The Morgan fingerprint density at radius 1 is 1.03 bits per heavy atom. The molecule has 1 aliphatic heterocycles. The number of unbranched alkanes of at least 4 members (excludes halogenated alkanes) is 1. The van der Waals surface area contributed by atoms with Crippen LogP contribution in [-0.2, 0) is 4.74 Å². The standard InChI is InChI=1S/C30H26ClNO5/c1-4-5-13-36-30(35)19-9-11-22(12-10-19)32-26(20-7-6-8-21(31)16-20)25-27(33)23-14-17(2)18(3)15-24(23)37-28(25)29(32)34/h6-12,14-16,26H,4-5,13H2,1-3H3. The molecule has 5 rings (SSSR count). The predicted molar refractivity (Wildman–Crippen MR) is 144 cm³/mol. The number of carbonyl (C=O) groups excluding carboxylic acids is 2. The minimum absolute atomic E-state index is 0.00813. The summed E-state index contributed by atoms with van der Waals surface area (Å²) in [5, 5.41) is 0.911. The summed E-state index contributed by atoms with van der Waals surface area (Å²) in [4.78, 5) is 41.5. The van der Waals surface area contributed by atoms with Crippen LogP contribution in [0.4, 0.5) is 5.69 Å². The number of carbonyl (C=O) groups is 2. The zero-order valence-corrected chi connectivity index (χ0v) is 21.6. The second kappa shape index (κ2) is 9.87. The van der Waals surface area contributed by atoms with Crippen molar-refractivity contribution in [1.29, 1.82) is 0 Å². The Morgan fingerprint density at radius 2 is 1.76 bits per heavy atom. The van der Waals surface area contributed by atoms with Gasteiger partial charge < -0.3 is 9.15 Å². The van der Waals surface area contributed by atoms with Gasteiger partial charge in [-0.1, -0.05) is 37.1 Å². The largest absolute Gasteiger partial charge is 0.462 e. The molecule has 1 aliphatic rings. The quantitative estimate of drug-likeness (QED) is 0.209. The first-order valence-electron chi connectivity index (χ1n) is 12.2. The fourth-order valence-corrected chi connectivity index (χ4v) is 4.84. The van der Waals surface area contributed by atoms with Crippen molar-refractivity contribution in [3.63, 3.8) is 0 Å². The molecule has 0 radical (unpaired) electrons. The first kappa shape index (κ1) is 24.8. The van der Waals surface area contributed by atoms with Gasteiger partial charge in [0.15, 0.2) is 5.43 Å². The molecule has 0 saturated heterocycles. The molecule has 3 aromatic carbocycles. The summed E-state index contributed by atoms with van der Waals surface area (Å²) in [7, 11) is 0. The van der Waals surface area contributed by atoms with Crippen LogP contribution in [0.2, 0.25) is 5.02 Å². The fraction of sp³-hybridized carbons (Fsp3) is 0.233. The summed E-state index contributed by atoms with van der Waals surface area (Å²) >= 11 is 6.30. The molecule has 7 heteroatoms. The van der Waals surface area contributed by atoms with Crippen LogP contribution < -0.4 is 10.3 Å². The lowest BCUT2D eigenvalue weighted by atomic mass is 9.97. The second-order valence-electron chi connectivity index (χ2n) is 9.28. The third-order valence-electron chi connectivity index (χ3n) is 6.76. The van der Waals surface area contributed by atoms with E-state index in [4.69, 9.17) is 20.8 Å². The lowest BCUT2D eigenvalue weighted by Gasteiger charge is -2.25. The SMILES string of the molecule is CCCCOC(=O)c1ccc(N2C(=O)c3oc4cc(C)c(C)cc4c(=O)c3C2c2cccc(Cl)c2)cc1. The number of amides is 1. The molecule has 0 saturated carbocycles. The number of hydrogen-bond acceptors (Lipinski definition) is 5. The van der Waals surface area contributed by atoms with E-state index in [9.17, 15) is 14.4 Å². The third-order valence-corrected chi connectivity index (χ3v) is 7.00. The monoisotopic (exact) mass is 515 g/mol. The highest BCUT2D eigenvalue weighted by Crippen LogP contribution is 2.42. The van der Waals surface area contributed by atoms with E-state index >= 15 is 0 Å². The molecular formula is C30H26ClNO5. The average Bonchev–Trinajstić information content (AvgIpc) is 3.18. The van der Waals surface area contributed by atoms with Gasteiger partial charge in [0.05, 0.1) is 29.2 Å². The highest BCUT2D eigenvalue weighted by Gasteiger charge is 2.43. The van der Waals surface area contributed by atoms with E-state index in [1.165, 1.54) is 4.90 Å². The zero-order chi connectivity index (χ0) is 26.3. The third kappa shape index (κ3) is 4.42. The summed E-state index contributed by atoms with van der Waals surface area (Å²) in [5.41, 5.74) is 3.89. The molecule has 2 heterocycles. The smallest absolute Gasteiger partial charge is 0.338 e. The molecule has 1 aromatic heterocycles. The van der Waals surface area contributed by atoms with Crippen molar-refractivity contribution in [3.05, 3.63) is 109 Å². The summed E-state index contributed by atoms with van der Waals surface area (Å²) in [6.07, 6.45) is 1.72. The molecule has 188 valence electrons. The van der Waals surface area contributed by atoms with Crippen molar-refractivity contribution >= 4 is 40.1 Å². The maximum atomic E-state index is 13.8. The Labute approximate surface area is 219 Å². The summed E-state index contributed by atoms with van der Waals surface area (Å²) in [6, 6.07) is 16.5. The van der Waals surface area contributed by atoms with Gasteiger partial charge in [0.2, 0.25) is 5.76 Å². The van der Waals surface area contributed by atoms with Crippen LogP contribution in [0.1, 0.15) is 69.0 Å². The van der Waals surface area contributed by atoms with Gasteiger partial charge in [-0.25, -0.2) is 4.79 Å². The number of nitrogens with zero attached hydrogens (tertiary/aromatic N) is 1. The number of ether oxygens (including phenoxy) is 1. The summed E-state index contributed by atoms with van der Waals surface area (Å²) < 4.78 is 11.4. The average molecular weight is 516 g/mol. The Bertz CT molecular complexity index is 1590. The van der Waals surface area contributed by atoms with Crippen molar-refractivity contribution < 1.29 is 18.7 Å². The first-order chi connectivity index (χ1) is 17.8. The minimum Gasteiger partial charge on any atom is -0.462 e. The molecule has 0 aliphatic carbocycles. The van der Waals surface area contributed by atoms with E-state index in [2.05, 4.69) is 0 Å². The number of anilines is 1. The Balaban J connectivity index is 1.64. The Morgan fingerprint density at radius 3 is 2.46 bits per heavy atom. The van der Waals surface area contributed by atoms with Gasteiger partial charge in [-0.2, -0.15) is 0 Å². The summed E-state index contributed by atoms with van der Waals surface area (Å²) in [6.45, 7) is 6.24. The molecule has 4 aromatic rings. The molecule has 6 nitrogen and oxygen atoms in total. The van der Waals surface area contributed by atoms with Crippen molar-refractivity contribution in [2.75, 3.05) is 11.5 Å². The number of halogens is 1. The number of aryl methyl sites for hydroxylation is 2. The first-order valence-corrected chi connectivity index (χ1v) is 12.6. The van der Waals surface area contributed by atoms with Crippen molar-refractivity contribution in [1.82, 2.24) is 0 Å². The Hall–Kier alpha value is -3.90. The van der Waals surface area contributed by atoms with E-state index < -0.39 is 17.9 Å². The van der Waals surface area contributed by atoms with Crippen LogP contribution in [0, 0.1) is 13.8 Å². The number of benzene rings is 3. The normalized spacial score (nSPS) is 14.8. The summed E-state index contributed by atoms with van der Waals surface area (Å²) in [5.74, 6) is -0.847. The second-order valence-corrected chi connectivity index (χ2v) is 9.71. The van der Waals surface area contributed by atoms with Gasteiger partial charge in [-0.05, 0) is 85.5 Å². The highest BCUT2D eigenvalue weighted by atomic mass is 35.5. The Kier molecular flexibility index (Phi) is 6.61. The minimum atomic E-state index is -0.745. The van der Waals surface area contributed by atoms with Gasteiger partial charge in [-0.15, -0.1) is 0 Å². The fourth-order valence-electron chi connectivity index (χ4n) is 4.64. The van der Waals surface area contributed by atoms with Gasteiger partial charge in [0.25, 0.3) is 5.91 Å². The number of fused-ring (bicyclic) bond motifs is 2. The maximum absolute atomic E-state index is 13.8. The number of rotatable bonds is 6. The maximum Gasteiger partial charge on any atom is 0.338 e. The molecule has 1 unspecified atom stereocenters. The number of hydrogen-bond donors (Lipinski definition) is 0. The van der Waals surface area contributed by atoms with Crippen LogP contribution in [0.3, 0.4) is 0 Å². The van der Waals surface area contributed by atoms with Crippen molar-refractivity contribution in [2.24, 2.45) is 0 Å². The van der Waals surface area contributed by atoms with Gasteiger partial charge in [-0.3, -0.25) is 14.5 Å². The van der Waals surface area contributed by atoms with Crippen LogP contribution in [0.25, 0.3) is 11.0 Å².